The maximum absolute atomic E-state index is 13.7. The van der Waals surface area contributed by atoms with Crippen LogP contribution in [0.1, 0.15) is 10.4 Å². The van der Waals surface area contributed by atoms with Crippen LogP contribution in [-0.4, -0.2) is 5.91 Å². The van der Waals surface area contributed by atoms with Gasteiger partial charge in [-0.2, -0.15) is 0 Å². The Kier molecular flexibility index (Phi) is 4.07. The predicted molar refractivity (Wildman–Crippen MR) is 77.9 cm³/mol. The highest BCUT2D eigenvalue weighted by atomic mass is 79.9. The van der Waals surface area contributed by atoms with Gasteiger partial charge in [-0.25, -0.2) is 4.39 Å². The van der Waals surface area contributed by atoms with Gasteiger partial charge in [0.1, 0.15) is 5.82 Å². The molecule has 0 saturated heterocycles. The molecule has 0 bridgehead atoms. The molecule has 3 N–H and O–H groups in total. The van der Waals surface area contributed by atoms with Gasteiger partial charge in [0, 0.05) is 5.69 Å². The molecular weight excluding hydrogens is 335 g/mol. The van der Waals surface area contributed by atoms with E-state index in [0.717, 1.165) is 0 Å². The number of hydrogen-bond acceptors (Lipinski definition) is 2. The molecule has 2 aromatic carbocycles. The first-order chi connectivity index (χ1) is 8.99. The third-order valence-electron chi connectivity index (χ3n) is 2.45. The minimum atomic E-state index is -0.609. The molecule has 0 heterocycles. The monoisotopic (exact) mass is 342 g/mol. The van der Waals surface area contributed by atoms with E-state index in [0.29, 0.717) is 16.4 Å². The second-order valence-electron chi connectivity index (χ2n) is 3.79. The van der Waals surface area contributed by atoms with E-state index in [1.54, 1.807) is 18.2 Å². The lowest BCUT2D eigenvalue weighted by molar-refractivity contribution is 0.102. The van der Waals surface area contributed by atoms with Crippen LogP contribution >= 0.6 is 27.5 Å². The first-order valence-electron chi connectivity index (χ1n) is 5.29. The molecule has 1 amide bonds. The Hall–Kier alpha value is -1.59. The first-order valence-corrected chi connectivity index (χ1v) is 6.46. The van der Waals surface area contributed by atoms with Crippen molar-refractivity contribution >= 4 is 44.8 Å². The largest absolute Gasteiger partial charge is 0.397 e. The summed E-state index contributed by atoms with van der Waals surface area (Å²) in [7, 11) is 0. The quantitative estimate of drug-likeness (QED) is 0.807. The lowest BCUT2D eigenvalue weighted by atomic mass is 10.2. The van der Waals surface area contributed by atoms with Crippen molar-refractivity contribution in [3.63, 3.8) is 0 Å². The van der Waals surface area contributed by atoms with Crippen LogP contribution < -0.4 is 11.1 Å². The Balaban J connectivity index is 2.26. The summed E-state index contributed by atoms with van der Waals surface area (Å²) < 4.78 is 14.0. The Morgan fingerprint density at radius 3 is 2.74 bits per heavy atom. The summed E-state index contributed by atoms with van der Waals surface area (Å²) in [6, 6.07) is 9.16. The van der Waals surface area contributed by atoms with Crippen molar-refractivity contribution in [2.75, 3.05) is 11.1 Å². The van der Waals surface area contributed by atoms with Gasteiger partial charge in [0.25, 0.3) is 5.91 Å². The molecule has 0 aliphatic heterocycles. The molecule has 0 spiro atoms. The van der Waals surface area contributed by atoms with Gasteiger partial charge in [-0.3, -0.25) is 4.79 Å². The van der Waals surface area contributed by atoms with Crippen LogP contribution in [0.5, 0.6) is 0 Å². The molecule has 0 atom stereocenters. The molecule has 0 fully saturated rings. The Bertz CT molecular complexity index is 649. The van der Waals surface area contributed by atoms with Crippen molar-refractivity contribution < 1.29 is 9.18 Å². The molecule has 0 aromatic heterocycles. The Labute approximate surface area is 122 Å². The van der Waals surface area contributed by atoms with Crippen molar-refractivity contribution in [2.45, 2.75) is 0 Å². The van der Waals surface area contributed by atoms with Gasteiger partial charge >= 0.3 is 0 Å². The number of nitrogens with one attached hydrogen (secondary N) is 1. The number of nitrogens with two attached hydrogens (primary N) is 1. The van der Waals surface area contributed by atoms with Crippen LogP contribution in [0.15, 0.2) is 40.9 Å². The number of carbonyl (C=O) groups is 1. The molecule has 0 saturated carbocycles. The molecular formula is C13H9BrClFN2O. The van der Waals surface area contributed by atoms with Gasteiger partial charge in [0.15, 0.2) is 0 Å². The van der Waals surface area contributed by atoms with Crippen molar-refractivity contribution in [3.8, 4) is 0 Å². The number of hydrogen-bond donors (Lipinski definition) is 2. The van der Waals surface area contributed by atoms with Crippen LogP contribution in [0.3, 0.4) is 0 Å². The molecule has 3 nitrogen and oxygen atoms in total. The highest BCUT2D eigenvalue weighted by molar-refractivity contribution is 9.10. The van der Waals surface area contributed by atoms with Crippen LogP contribution in [0.2, 0.25) is 5.02 Å². The predicted octanol–water partition coefficient (Wildman–Crippen LogP) is 4.08. The zero-order valence-electron chi connectivity index (χ0n) is 9.58. The summed E-state index contributed by atoms with van der Waals surface area (Å²) in [5, 5.41) is 2.95. The molecule has 0 radical (unpaired) electrons. The summed E-state index contributed by atoms with van der Waals surface area (Å²) in [6.07, 6.45) is 0. The second kappa shape index (κ2) is 5.59. The van der Waals surface area contributed by atoms with Crippen LogP contribution in [-0.2, 0) is 0 Å². The number of halogens is 3. The number of nitrogen functional groups attached to an aromatic ring is 1. The highest BCUT2D eigenvalue weighted by Gasteiger charge is 2.14. The van der Waals surface area contributed by atoms with Gasteiger partial charge in [-0.1, -0.05) is 17.7 Å². The maximum Gasteiger partial charge on any atom is 0.258 e. The van der Waals surface area contributed by atoms with E-state index in [1.807, 2.05) is 0 Å². The van der Waals surface area contributed by atoms with E-state index in [4.69, 9.17) is 17.3 Å². The van der Waals surface area contributed by atoms with Crippen molar-refractivity contribution in [2.24, 2.45) is 0 Å². The summed E-state index contributed by atoms with van der Waals surface area (Å²) >= 11 is 8.80. The zero-order chi connectivity index (χ0) is 14.0. The van der Waals surface area contributed by atoms with Crippen LogP contribution in [0.25, 0.3) is 0 Å². The molecule has 98 valence electrons. The SMILES string of the molecule is Nc1cc(NC(=O)c2cccc(Br)c2F)ccc1Cl. The average molecular weight is 344 g/mol. The number of carbonyl (C=O) groups excluding carboxylic acids is 1. The van der Waals surface area contributed by atoms with Crippen LogP contribution in [0, 0.1) is 5.82 Å². The highest BCUT2D eigenvalue weighted by Crippen LogP contribution is 2.24. The fourth-order valence-corrected chi connectivity index (χ4v) is 1.98. The van der Waals surface area contributed by atoms with E-state index in [1.165, 1.54) is 18.2 Å². The van der Waals surface area contributed by atoms with E-state index in [-0.39, 0.29) is 10.0 Å². The molecule has 6 heteroatoms. The zero-order valence-corrected chi connectivity index (χ0v) is 11.9. The third-order valence-corrected chi connectivity index (χ3v) is 3.41. The summed E-state index contributed by atoms with van der Waals surface area (Å²) in [5.74, 6) is -1.16. The number of amides is 1. The molecule has 0 aliphatic rings. The Morgan fingerprint density at radius 1 is 1.32 bits per heavy atom. The van der Waals surface area contributed by atoms with E-state index in [2.05, 4.69) is 21.2 Å². The van der Waals surface area contributed by atoms with Gasteiger partial charge in [-0.15, -0.1) is 0 Å². The van der Waals surface area contributed by atoms with Gasteiger partial charge in [-0.05, 0) is 46.3 Å². The second-order valence-corrected chi connectivity index (χ2v) is 5.05. The molecule has 2 rings (SSSR count). The van der Waals surface area contributed by atoms with Gasteiger partial charge in [0.2, 0.25) is 0 Å². The van der Waals surface area contributed by atoms with E-state index < -0.39 is 11.7 Å². The Morgan fingerprint density at radius 2 is 2.05 bits per heavy atom. The molecule has 0 aliphatic carbocycles. The molecule has 19 heavy (non-hydrogen) atoms. The molecule has 0 unspecified atom stereocenters. The first kappa shape index (κ1) is 13.8. The summed E-state index contributed by atoms with van der Waals surface area (Å²) in [6.45, 7) is 0. The fourth-order valence-electron chi connectivity index (χ4n) is 1.50. The lowest BCUT2D eigenvalue weighted by Gasteiger charge is -2.08. The minimum Gasteiger partial charge on any atom is -0.397 e. The summed E-state index contributed by atoms with van der Waals surface area (Å²) in [5.41, 5.74) is 6.36. The van der Waals surface area contributed by atoms with E-state index >= 15 is 0 Å². The number of benzene rings is 2. The number of rotatable bonds is 2. The summed E-state index contributed by atoms with van der Waals surface area (Å²) in [4.78, 5) is 11.9. The maximum atomic E-state index is 13.7. The standard InChI is InChI=1S/C13H9BrClFN2O/c14-9-3-1-2-8(12(9)16)13(19)18-7-4-5-10(15)11(17)6-7/h1-6H,17H2,(H,18,19). The van der Waals surface area contributed by atoms with Gasteiger partial charge in [0.05, 0.1) is 20.7 Å². The smallest absolute Gasteiger partial charge is 0.258 e. The minimum absolute atomic E-state index is 0.0529. The van der Waals surface area contributed by atoms with Crippen molar-refractivity contribution in [1.82, 2.24) is 0 Å². The average Bonchev–Trinajstić information content (AvgIpc) is 2.37. The van der Waals surface area contributed by atoms with Crippen molar-refractivity contribution in [3.05, 3.63) is 57.3 Å². The van der Waals surface area contributed by atoms with Crippen molar-refractivity contribution in [1.29, 1.82) is 0 Å². The van der Waals surface area contributed by atoms with Crippen LogP contribution in [0.4, 0.5) is 15.8 Å². The molecule has 2 aromatic rings. The lowest BCUT2D eigenvalue weighted by Crippen LogP contribution is -2.14. The number of anilines is 2. The fraction of sp³-hybridized carbons (Fsp3) is 0. The normalized spacial score (nSPS) is 10.3. The third kappa shape index (κ3) is 3.05. The van der Waals surface area contributed by atoms with Gasteiger partial charge < -0.3 is 11.1 Å². The van der Waals surface area contributed by atoms with E-state index in [9.17, 15) is 9.18 Å². The topological polar surface area (TPSA) is 55.1 Å².